The van der Waals surface area contributed by atoms with Gasteiger partial charge in [0.1, 0.15) is 0 Å². The average Bonchev–Trinajstić information content (AvgIpc) is 3.40. The first-order valence-corrected chi connectivity index (χ1v) is 15.1. The maximum absolute atomic E-state index is 12.3. The van der Waals surface area contributed by atoms with Crippen LogP contribution in [-0.2, 0) is 36.9 Å². The molecule has 2 fully saturated rings. The molecule has 0 saturated carbocycles. The van der Waals surface area contributed by atoms with Crippen molar-refractivity contribution in [2.45, 2.75) is 70.6 Å². The Morgan fingerprint density at radius 2 is 1.78 bits per heavy atom. The van der Waals surface area contributed by atoms with Crippen molar-refractivity contribution >= 4 is 33.4 Å². The third-order valence-electron chi connectivity index (χ3n) is 6.63. The van der Waals surface area contributed by atoms with Crippen LogP contribution in [-0.4, -0.2) is 81.7 Å². The highest BCUT2D eigenvalue weighted by atomic mass is 31.3. The molecular weight excluding hydrogens is 516 g/mol. The van der Waals surface area contributed by atoms with Crippen molar-refractivity contribution in [3.8, 4) is 0 Å². The summed E-state index contributed by atoms with van der Waals surface area (Å²) >= 11 is 0. The fourth-order valence-electron chi connectivity index (χ4n) is 5.01. The summed E-state index contributed by atoms with van der Waals surface area (Å²) < 4.78 is 38.6. The molecule has 0 aromatic heterocycles. The van der Waals surface area contributed by atoms with Crippen LogP contribution in [0.15, 0.2) is 12.2 Å². The number of fused-ring (bicyclic) bond motifs is 1. The average molecular weight is 551 g/mol. The second-order valence-corrected chi connectivity index (χ2v) is 12.5. The van der Waals surface area contributed by atoms with E-state index in [4.69, 9.17) is 4.52 Å². The minimum Gasteiger partial charge on any atom is -0.354 e. The summed E-state index contributed by atoms with van der Waals surface area (Å²) in [6, 6.07) is 0.575. The molecule has 3 aliphatic heterocycles. The highest BCUT2D eigenvalue weighted by Crippen LogP contribution is 2.61. The zero-order valence-electron chi connectivity index (χ0n) is 20.5. The molecule has 0 radical (unpaired) electrons. The molecule has 0 bridgehead atoms. The molecular formula is C21H35N3O10P2. The third-order valence-corrected chi connectivity index (χ3v) is 9.36. The van der Waals surface area contributed by atoms with Gasteiger partial charge in [0.2, 0.25) is 5.91 Å². The van der Waals surface area contributed by atoms with Gasteiger partial charge < -0.3 is 15.1 Å². The van der Waals surface area contributed by atoms with Crippen molar-refractivity contribution in [3.05, 3.63) is 12.2 Å². The molecule has 36 heavy (non-hydrogen) atoms. The topological polar surface area (TPSA) is 172 Å². The molecule has 13 nitrogen and oxygen atoms in total. The van der Waals surface area contributed by atoms with Gasteiger partial charge >= 0.3 is 15.6 Å². The molecule has 3 amide bonds. The van der Waals surface area contributed by atoms with E-state index in [1.54, 1.807) is 0 Å². The Bertz CT molecular complexity index is 926. The highest BCUT2D eigenvalue weighted by Gasteiger charge is 2.47. The minimum absolute atomic E-state index is 0.110. The van der Waals surface area contributed by atoms with Gasteiger partial charge in [0.15, 0.2) is 0 Å². The SMILES string of the molecule is CC1CC(C)N2C[C@H](OP(=O)(O)OP(=O)(O)OCCNC(=O)CCCCCN3C(=O)C=CC3=O)CC12. The summed E-state index contributed by atoms with van der Waals surface area (Å²) in [7, 11) is -9.75. The first kappa shape index (κ1) is 29.1. The number of nitrogens with one attached hydrogen (secondary N) is 1. The number of carbonyl (C=O) groups is 3. The molecule has 3 aliphatic rings. The summed E-state index contributed by atoms with van der Waals surface area (Å²) in [5.41, 5.74) is 0. The number of amides is 3. The van der Waals surface area contributed by atoms with Gasteiger partial charge in [-0.05, 0) is 38.5 Å². The summed E-state index contributed by atoms with van der Waals surface area (Å²) in [5, 5.41) is 2.51. The minimum atomic E-state index is -4.90. The zero-order valence-corrected chi connectivity index (χ0v) is 22.3. The molecule has 3 heterocycles. The molecule has 0 aliphatic carbocycles. The Morgan fingerprint density at radius 3 is 2.44 bits per heavy atom. The molecule has 0 spiro atoms. The van der Waals surface area contributed by atoms with E-state index in [2.05, 4.69) is 32.9 Å². The standard InChI is InChI=1S/C21H35N3O10P2/c1-15-12-16(2)24-14-17(13-18(15)24)33-36(30,31)34-35(28,29)32-11-9-22-19(25)6-4-3-5-10-23-20(26)7-8-21(23)27/h7-8,15-18H,3-6,9-14H2,1-2H3,(H,22,25)(H,28,29)(H,30,31)/t15?,16?,17-,18?/m1/s1. The Kier molecular flexibility index (Phi) is 10.0. The zero-order chi connectivity index (χ0) is 26.5. The largest absolute Gasteiger partial charge is 0.481 e. The number of phosphoric ester groups is 2. The van der Waals surface area contributed by atoms with Crippen LogP contribution >= 0.6 is 15.6 Å². The quantitative estimate of drug-likeness (QED) is 0.163. The Morgan fingerprint density at radius 1 is 1.08 bits per heavy atom. The first-order valence-electron chi connectivity index (χ1n) is 12.1. The smallest absolute Gasteiger partial charge is 0.354 e. The maximum atomic E-state index is 12.3. The molecule has 3 N–H and O–H groups in total. The van der Waals surface area contributed by atoms with E-state index in [9.17, 15) is 33.3 Å². The van der Waals surface area contributed by atoms with Crippen LogP contribution in [0.25, 0.3) is 0 Å². The lowest BCUT2D eigenvalue weighted by Crippen LogP contribution is -2.31. The number of unbranched alkanes of at least 4 members (excludes halogenated alkanes) is 2. The van der Waals surface area contributed by atoms with Crippen molar-refractivity contribution in [2.75, 3.05) is 26.2 Å². The van der Waals surface area contributed by atoms with Crippen LogP contribution in [0.4, 0.5) is 0 Å². The molecule has 204 valence electrons. The maximum Gasteiger partial charge on any atom is 0.481 e. The summed E-state index contributed by atoms with van der Waals surface area (Å²) in [6.45, 7) is 4.41. The van der Waals surface area contributed by atoms with Crippen molar-refractivity contribution in [2.24, 2.45) is 5.92 Å². The van der Waals surface area contributed by atoms with Crippen molar-refractivity contribution in [1.29, 1.82) is 0 Å². The summed E-state index contributed by atoms with van der Waals surface area (Å²) in [4.78, 5) is 57.8. The molecule has 3 rings (SSSR count). The monoisotopic (exact) mass is 551 g/mol. The van der Waals surface area contributed by atoms with Gasteiger partial charge in [-0.3, -0.25) is 33.2 Å². The summed E-state index contributed by atoms with van der Waals surface area (Å²) in [6.07, 6.45) is 5.34. The van der Waals surface area contributed by atoms with Gasteiger partial charge in [0.25, 0.3) is 11.8 Å². The van der Waals surface area contributed by atoms with Gasteiger partial charge in [-0.2, -0.15) is 4.31 Å². The van der Waals surface area contributed by atoms with Crippen molar-refractivity contribution in [1.82, 2.24) is 15.1 Å². The van der Waals surface area contributed by atoms with Crippen LogP contribution in [0, 0.1) is 5.92 Å². The number of carbonyl (C=O) groups excluding carboxylic acids is 3. The van der Waals surface area contributed by atoms with Gasteiger partial charge in [0.05, 0.1) is 12.7 Å². The Labute approximate surface area is 210 Å². The number of phosphoric acid groups is 2. The molecule has 15 heteroatoms. The normalized spacial score (nSPS) is 29.4. The van der Waals surface area contributed by atoms with Crippen LogP contribution in [0.2, 0.25) is 0 Å². The van der Waals surface area contributed by atoms with E-state index >= 15 is 0 Å². The fraction of sp³-hybridized carbons (Fsp3) is 0.762. The third kappa shape index (κ3) is 8.29. The number of imide groups is 1. The van der Waals surface area contributed by atoms with Crippen LogP contribution in [0.5, 0.6) is 0 Å². The second kappa shape index (κ2) is 12.4. The van der Waals surface area contributed by atoms with Gasteiger partial charge in [-0.25, -0.2) is 9.13 Å². The number of hydrogen-bond donors (Lipinski definition) is 3. The number of rotatable bonds is 14. The van der Waals surface area contributed by atoms with E-state index in [0.29, 0.717) is 50.7 Å². The van der Waals surface area contributed by atoms with E-state index in [1.165, 1.54) is 12.2 Å². The lowest BCUT2D eigenvalue weighted by molar-refractivity contribution is -0.137. The predicted octanol–water partition coefficient (Wildman–Crippen LogP) is 1.71. The van der Waals surface area contributed by atoms with E-state index < -0.39 is 28.4 Å². The molecule has 0 aromatic rings. The van der Waals surface area contributed by atoms with Crippen LogP contribution in [0.1, 0.15) is 52.4 Å². The molecule has 0 aromatic carbocycles. The van der Waals surface area contributed by atoms with Gasteiger partial charge in [-0.15, -0.1) is 0 Å². The van der Waals surface area contributed by atoms with Crippen LogP contribution < -0.4 is 5.32 Å². The van der Waals surface area contributed by atoms with Gasteiger partial charge in [-0.1, -0.05) is 13.3 Å². The Hall–Kier alpha value is -1.43. The lowest BCUT2D eigenvalue weighted by atomic mass is 9.99. The van der Waals surface area contributed by atoms with E-state index in [0.717, 1.165) is 11.3 Å². The molecule has 5 unspecified atom stereocenters. The van der Waals surface area contributed by atoms with Crippen LogP contribution in [0.3, 0.4) is 0 Å². The molecule has 6 atom stereocenters. The Balaban J connectivity index is 1.26. The first-order chi connectivity index (χ1) is 16.9. The van der Waals surface area contributed by atoms with E-state index in [-0.39, 0.29) is 36.7 Å². The summed E-state index contributed by atoms with van der Waals surface area (Å²) in [5.74, 6) is -0.562. The number of nitrogens with zero attached hydrogens (tertiary/aromatic N) is 2. The van der Waals surface area contributed by atoms with Gasteiger partial charge in [0, 0.05) is 50.3 Å². The highest BCUT2D eigenvalue weighted by molar-refractivity contribution is 7.61. The van der Waals surface area contributed by atoms with Crippen molar-refractivity contribution < 1.29 is 46.7 Å². The van der Waals surface area contributed by atoms with E-state index in [1.807, 2.05) is 0 Å². The molecule has 2 saturated heterocycles. The van der Waals surface area contributed by atoms with Crippen molar-refractivity contribution in [3.63, 3.8) is 0 Å². The second-order valence-electron chi connectivity index (χ2n) is 9.46. The lowest BCUT2D eigenvalue weighted by Gasteiger charge is -2.21. The predicted molar refractivity (Wildman–Crippen MR) is 127 cm³/mol. The number of hydrogen-bond acceptors (Lipinski definition) is 9. The fourth-order valence-corrected chi connectivity index (χ4v) is 7.25.